The van der Waals surface area contributed by atoms with Gasteiger partial charge in [-0.1, -0.05) is 81.4 Å². The van der Waals surface area contributed by atoms with Crippen molar-refractivity contribution in [3.8, 4) is 0 Å². The molecule has 3 fully saturated rings. The third kappa shape index (κ3) is 24.3. The second-order valence-electron chi connectivity index (χ2n) is 20.2. The number of carbonyl (C=O) groups is 8. The molecule has 0 radical (unpaired) electrons. The highest BCUT2D eigenvalue weighted by Crippen LogP contribution is 2.24. The number of halogens is 1. The maximum Gasteiger partial charge on any atom is 0.254 e. The molecule has 0 saturated carbocycles. The van der Waals surface area contributed by atoms with Gasteiger partial charge in [-0.15, -0.1) is 11.6 Å². The molecule has 23 nitrogen and oxygen atoms in total. The molecular weight excluding hydrogens is 1090 g/mol. The van der Waals surface area contributed by atoms with Gasteiger partial charge < -0.3 is 59.7 Å². The number of anilines is 1. The number of hydrogen-bond donors (Lipinski definition) is 10. The summed E-state index contributed by atoms with van der Waals surface area (Å²) in [6.45, 7) is 8.88. The Bertz CT molecular complexity index is 2760. The molecule has 4 aliphatic rings. The summed E-state index contributed by atoms with van der Waals surface area (Å²) in [6.07, 6.45) is 10.0. The van der Waals surface area contributed by atoms with E-state index in [-0.39, 0.29) is 71.6 Å². The van der Waals surface area contributed by atoms with Crippen LogP contribution in [0.5, 0.6) is 0 Å². The number of carbonyl (C=O) groups excluding carboxylic acids is 8. The van der Waals surface area contributed by atoms with E-state index in [1.807, 2.05) is 57.2 Å². The van der Waals surface area contributed by atoms with Crippen LogP contribution in [0.25, 0.3) is 0 Å². The average molecular weight is 1180 g/mol. The molecule has 7 rings (SSSR count). The van der Waals surface area contributed by atoms with Crippen LogP contribution in [0, 0.1) is 0 Å². The van der Waals surface area contributed by atoms with E-state index in [0.29, 0.717) is 124 Å². The standard InChI is InChI=1S/C22H26ClN3O2.C15H20N4O2.C13H22N4O2.C10H18N4O2/c23-16-21(24)25-15-7-12-19(26-22(28)18-10-5-2-6-11-18)20(27)14-13-17-8-3-1-4-9-17;1-2-13(16)17-9-5-8-12-15(21)18-11-7-4-3-6-10(11)14(20)19-12;1-2-11(14)15-7-3-5-9-13(19)17-8-4-6-10(17)12(18)16-9;1-2-8(11)12-5-3-4-7-10(16)13-6-9(15)14-7/h1-6,8-11,19H,7,12-16H2,(H2,24,25)(H,26,28);3-4,6-7,12H,2,5,8-9H2,1H3,(H2,16,17)(H,18,21)(H,19,20);9-10H,2-8H2,1H3,(H2,14,15)(H,16,18);7H,2-6H2,1H3,(H2,11,12)(H,13,16)(H,14,15)/t19-;12-;9-,10+;7-/m0000/s1. The summed E-state index contributed by atoms with van der Waals surface area (Å²) in [7, 11) is 0. The lowest BCUT2D eigenvalue weighted by molar-refractivity contribution is -0.147. The van der Waals surface area contributed by atoms with Crippen LogP contribution >= 0.6 is 11.6 Å². The third-order valence-electron chi connectivity index (χ3n) is 13.9. The van der Waals surface area contributed by atoms with Crippen molar-refractivity contribution >= 4 is 87.8 Å². The summed E-state index contributed by atoms with van der Waals surface area (Å²) >= 11 is 5.61. The molecular formula is C60H86ClN15O8. The highest BCUT2D eigenvalue weighted by Gasteiger charge is 2.42. The molecule has 3 aromatic carbocycles. The Labute approximate surface area is 497 Å². The first-order valence-corrected chi connectivity index (χ1v) is 29.5. The molecule has 0 aliphatic carbocycles. The first-order valence-electron chi connectivity index (χ1n) is 29.0. The van der Waals surface area contributed by atoms with Gasteiger partial charge in [0.25, 0.3) is 11.8 Å². The lowest BCUT2D eigenvalue weighted by atomic mass is 9.99. The second-order valence-corrected chi connectivity index (χ2v) is 20.5. The molecule has 3 saturated heterocycles. The van der Waals surface area contributed by atoms with Crippen molar-refractivity contribution in [1.82, 2.24) is 31.5 Å². The number of nitrogens with two attached hydrogens (primary N) is 4. The molecule has 0 bridgehead atoms. The van der Waals surface area contributed by atoms with Crippen LogP contribution in [0.3, 0.4) is 0 Å². The Hall–Kier alpha value is -8.21. The zero-order chi connectivity index (χ0) is 61.2. The lowest BCUT2D eigenvalue weighted by Gasteiger charge is -2.34. The molecule has 0 unspecified atom stereocenters. The number of nitrogens with zero attached hydrogens (tertiary/aromatic N) is 5. The van der Waals surface area contributed by atoms with Gasteiger partial charge in [0.15, 0.2) is 5.78 Å². The van der Waals surface area contributed by atoms with Gasteiger partial charge in [-0.05, 0) is 100 Å². The van der Waals surface area contributed by atoms with Crippen molar-refractivity contribution in [2.75, 3.05) is 50.5 Å². The number of alkyl halides is 1. The molecule has 0 aromatic heterocycles. The van der Waals surface area contributed by atoms with E-state index in [4.69, 9.17) is 34.5 Å². The molecule has 5 atom stereocenters. The Morgan fingerprint density at radius 2 is 1.18 bits per heavy atom. The van der Waals surface area contributed by atoms with Crippen molar-refractivity contribution in [3.63, 3.8) is 0 Å². The third-order valence-corrected chi connectivity index (χ3v) is 14.2. The van der Waals surface area contributed by atoms with E-state index in [1.54, 1.807) is 53.4 Å². The fourth-order valence-electron chi connectivity index (χ4n) is 9.03. The van der Waals surface area contributed by atoms with Crippen LogP contribution in [0.15, 0.2) is 105 Å². The van der Waals surface area contributed by atoms with E-state index in [1.165, 1.54) is 0 Å². The van der Waals surface area contributed by atoms with Gasteiger partial charge in [0, 0.05) is 64.0 Å². The number of amides is 7. The zero-order valence-electron chi connectivity index (χ0n) is 48.7. The number of nitrogens with one attached hydrogen (secondary N) is 6. The van der Waals surface area contributed by atoms with Gasteiger partial charge >= 0.3 is 0 Å². The Morgan fingerprint density at radius 3 is 1.77 bits per heavy atom. The summed E-state index contributed by atoms with van der Waals surface area (Å²) in [5, 5.41) is 16.4. The summed E-state index contributed by atoms with van der Waals surface area (Å²) in [6, 6.07) is 23.6. The number of hydrogen-bond acceptors (Lipinski definition) is 12. The summed E-state index contributed by atoms with van der Waals surface area (Å²) in [5.41, 5.74) is 25.1. The van der Waals surface area contributed by atoms with Crippen molar-refractivity contribution in [2.45, 2.75) is 147 Å². The Morgan fingerprint density at radius 1 is 0.643 bits per heavy atom. The van der Waals surface area contributed by atoms with Crippen LogP contribution < -0.4 is 54.8 Å². The van der Waals surface area contributed by atoms with Crippen molar-refractivity contribution in [3.05, 3.63) is 102 Å². The van der Waals surface area contributed by atoms with Crippen molar-refractivity contribution in [1.29, 1.82) is 0 Å². The fourth-order valence-corrected chi connectivity index (χ4v) is 9.11. The minimum atomic E-state index is -0.552. The van der Waals surface area contributed by atoms with E-state index in [9.17, 15) is 38.4 Å². The fraction of sp³-hybridized carbons (Fsp3) is 0.500. The van der Waals surface area contributed by atoms with E-state index >= 15 is 0 Å². The second kappa shape index (κ2) is 37.8. The molecule has 14 N–H and O–H groups in total. The molecule has 4 aliphatic heterocycles. The predicted octanol–water partition coefficient (Wildman–Crippen LogP) is 3.82. The van der Waals surface area contributed by atoms with E-state index < -0.39 is 18.1 Å². The number of aliphatic imine (C=N–C) groups is 4. The minimum Gasteiger partial charge on any atom is -0.387 e. The van der Waals surface area contributed by atoms with Crippen LogP contribution in [-0.2, 0) is 35.2 Å². The topological polar surface area (TPSA) is 365 Å². The largest absolute Gasteiger partial charge is 0.387 e. The van der Waals surface area contributed by atoms with Crippen LogP contribution in [-0.4, -0.2) is 151 Å². The van der Waals surface area contributed by atoms with Gasteiger partial charge in [0.05, 0.1) is 47.2 Å². The minimum absolute atomic E-state index is 0.00123. The van der Waals surface area contributed by atoms with Gasteiger partial charge in [0.2, 0.25) is 29.5 Å². The normalized spacial score (nSPS) is 19.1. The first-order chi connectivity index (χ1) is 40.5. The highest BCUT2D eigenvalue weighted by molar-refractivity contribution is 6.28. The number of ketones is 1. The van der Waals surface area contributed by atoms with Gasteiger partial charge in [0.1, 0.15) is 30.0 Å². The van der Waals surface area contributed by atoms with Crippen LogP contribution in [0.1, 0.15) is 137 Å². The molecule has 24 heteroatoms. The summed E-state index contributed by atoms with van der Waals surface area (Å²) in [5.74, 6) is 1.58. The maximum atomic E-state index is 12.8. The highest BCUT2D eigenvalue weighted by atomic mass is 35.5. The van der Waals surface area contributed by atoms with Crippen LogP contribution in [0.4, 0.5) is 5.69 Å². The number of amidine groups is 4. The quantitative estimate of drug-likeness (QED) is 0.0237. The first kappa shape index (κ1) is 68.3. The maximum absolute atomic E-state index is 12.8. The van der Waals surface area contributed by atoms with Crippen molar-refractivity contribution in [2.24, 2.45) is 42.9 Å². The lowest BCUT2D eigenvalue weighted by Crippen LogP contribution is -2.61. The number of fused-ring (bicyclic) bond motifs is 2. The predicted molar refractivity (Wildman–Crippen MR) is 330 cm³/mol. The van der Waals surface area contributed by atoms with Crippen molar-refractivity contribution < 1.29 is 38.4 Å². The van der Waals surface area contributed by atoms with Crippen LogP contribution in [0.2, 0.25) is 0 Å². The Balaban J connectivity index is 0.000000245. The van der Waals surface area contributed by atoms with E-state index in [2.05, 4.69) is 51.9 Å². The number of Topliss-reactive ketones (excluding diaryl/α,β-unsaturated/α-hetero) is 1. The SMILES string of the molecule is CCC(N)=NCCC[C@@H]1NC(=O)CNC1=O.CCC(N)=NCCC[C@@H]1NC(=O)[C@H]2CCCN2C1=O.CCC(N)=NCCC[C@@H]1NC(=O)c2ccccc2NC1=O.NC(CCl)=NCCC[C@H](NC(=O)c1ccccc1)C(=O)CCc1ccccc1. The molecule has 3 aromatic rings. The molecule has 84 heavy (non-hydrogen) atoms. The number of para-hydroxylation sites is 1. The number of benzene rings is 3. The zero-order valence-corrected chi connectivity index (χ0v) is 49.5. The van der Waals surface area contributed by atoms with Gasteiger partial charge in [-0.25, -0.2) is 0 Å². The molecule has 0 spiro atoms. The summed E-state index contributed by atoms with van der Waals surface area (Å²) in [4.78, 5) is 114. The van der Waals surface area contributed by atoms with Gasteiger partial charge in [-0.2, -0.15) is 0 Å². The Kier molecular flexibility index (Phi) is 30.7. The van der Waals surface area contributed by atoms with E-state index in [0.717, 1.165) is 50.5 Å². The molecule has 4 heterocycles. The number of piperazine rings is 2. The molecule has 456 valence electrons. The average Bonchev–Trinajstić information content (AvgIpc) is 3.73. The summed E-state index contributed by atoms with van der Waals surface area (Å²) < 4.78 is 0. The monoisotopic (exact) mass is 1180 g/mol. The number of aryl methyl sites for hydroxylation is 1. The van der Waals surface area contributed by atoms with Gasteiger partial charge in [-0.3, -0.25) is 58.3 Å². The smallest absolute Gasteiger partial charge is 0.254 e. The number of rotatable bonds is 26. The molecule has 7 amide bonds.